The van der Waals surface area contributed by atoms with Crippen LogP contribution in [0.4, 0.5) is 0 Å². The highest BCUT2D eigenvalue weighted by Crippen LogP contribution is 2.15. The van der Waals surface area contributed by atoms with Crippen LogP contribution in [0.15, 0.2) is 40.2 Å². The van der Waals surface area contributed by atoms with Gasteiger partial charge in [0.2, 0.25) is 10.0 Å². The second-order valence-electron chi connectivity index (χ2n) is 3.68. The first-order valence-corrected chi connectivity index (χ1v) is 7.47. The van der Waals surface area contributed by atoms with E-state index < -0.39 is 10.0 Å². The predicted octanol–water partition coefficient (Wildman–Crippen LogP) is 1.31. The van der Waals surface area contributed by atoms with Crippen LogP contribution in [0.3, 0.4) is 0 Å². The van der Waals surface area contributed by atoms with Crippen molar-refractivity contribution in [3.05, 3.63) is 36.0 Å². The van der Waals surface area contributed by atoms with Gasteiger partial charge in [-0.3, -0.25) is 4.68 Å². The molecule has 0 amide bonds. The molecule has 92 valence electrons. The molecule has 2 aromatic rings. The molecule has 5 nitrogen and oxygen atoms in total. The molecule has 0 aliphatic carbocycles. The number of nitrogens with zero attached hydrogens (tertiary/aromatic N) is 2. The van der Waals surface area contributed by atoms with E-state index in [1.165, 1.54) is 11.3 Å². The summed E-state index contributed by atoms with van der Waals surface area (Å²) in [4.78, 5) is 0. The topological polar surface area (TPSA) is 64.0 Å². The Morgan fingerprint density at radius 3 is 2.94 bits per heavy atom. The normalized spacial score (nSPS) is 13.7. The lowest BCUT2D eigenvalue weighted by atomic mass is 10.4. The molecule has 0 radical (unpaired) electrons. The number of hydrogen-bond acceptors (Lipinski definition) is 4. The van der Waals surface area contributed by atoms with Crippen molar-refractivity contribution in [3.63, 3.8) is 0 Å². The Morgan fingerprint density at radius 2 is 2.35 bits per heavy atom. The molecule has 0 aliphatic rings. The van der Waals surface area contributed by atoms with Crippen molar-refractivity contribution in [2.75, 3.05) is 0 Å². The van der Waals surface area contributed by atoms with E-state index >= 15 is 0 Å². The minimum Gasteiger partial charge on any atom is -0.271 e. The molecule has 0 aromatic carbocycles. The summed E-state index contributed by atoms with van der Waals surface area (Å²) in [5, 5.41) is 5.78. The highest BCUT2D eigenvalue weighted by atomic mass is 32.2. The van der Waals surface area contributed by atoms with Crippen molar-refractivity contribution < 1.29 is 8.42 Å². The first-order chi connectivity index (χ1) is 8.08. The molecule has 0 saturated carbocycles. The average Bonchev–Trinajstić information content (AvgIpc) is 2.87. The molecule has 7 heteroatoms. The summed E-state index contributed by atoms with van der Waals surface area (Å²) in [5.74, 6) is 0. The van der Waals surface area contributed by atoms with E-state index in [9.17, 15) is 8.42 Å². The van der Waals surface area contributed by atoms with E-state index in [-0.39, 0.29) is 6.04 Å². The van der Waals surface area contributed by atoms with Gasteiger partial charge in [-0.15, -0.1) is 11.3 Å². The highest BCUT2D eigenvalue weighted by molar-refractivity contribution is 7.91. The Balaban J connectivity index is 2.01. The van der Waals surface area contributed by atoms with Crippen LogP contribution in [0.25, 0.3) is 0 Å². The van der Waals surface area contributed by atoms with Crippen LogP contribution in [-0.2, 0) is 16.6 Å². The van der Waals surface area contributed by atoms with Gasteiger partial charge < -0.3 is 0 Å². The highest BCUT2D eigenvalue weighted by Gasteiger charge is 2.18. The molecule has 0 spiro atoms. The maximum atomic E-state index is 11.9. The van der Waals surface area contributed by atoms with E-state index in [0.717, 1.165) is 0 Å². The molecule has 1 atom stereocenters. The molecule has 2 aromatic heterocycles. The van der Waals surface area contributed by atoms with Gasteiger partial charge in [-0.25, -0.2) is 13.1 Å². The van der Waals surface area contributed by atoms with Crippen molar-refractivity contribution in [2.45, 2.75) is 23.7 Å². The minimum absolute atomic E-state index is 0.206. The van der Waals surface area contributed by atoms with E-state index in [0.29, 0.717) is 10.8 Å². The van der Waals surface area contributed by atoms with Gasteiger partial charge in [-0.05, 0) is 24.4 Å². The average molecular weight is 271 g/mol. The number of nitrogens with one attached hydrogen (secondary N) is 1. The first-order valence-electron chi connectivity index (χ1n) is 5.11. The Hall–Kier alpha value is -1.18. The quantitative estimate of drug-likeness (QED) is 0.892. The fourth-order valence-electron chi connectivity index (χ4n) is 1.47. The summed E-state index contributed by atoms with van der Waals surface area (Å²) in [5.41, 5.74) is 0. The fraction of sp³-hybridized carbons (Fsp3) is 0.300. The van der Waals surface area contributed by atoms with E-state index in [1.54, 1.807) is 40.7 Å². The maximum absolute atomic E-state index is 11.9. The van der Waals surface area contributed by atoms with Crippen molar-refractivity contribution in [3.8, 4) is 0 Å². The first kappa shape index (κ1) is 12.3. The zero-order valence-electron chi connectivity index (χ0n) is 9.28. The van der Waals surface area contributed by atoms with E-state index in [4.69, 9.17) is 0 Å². The Kier molecular flexibility index (Phi) is 3.60. The zero-order valence-corrected chi connectivity index (χ0v) is 10.9. The lowest BCUT2D eigenvalue weighted by Crippen LogP contribution is -2.35. The second kappa shape index (κ2) is 4.99. The lowest BCUT2D eigenvalue weighted by molar-refractivity contribution is 0.494. The molecule has 2 rings (SSSR count). The van der Waals surface area contributed by atoms with Crippen molar-refractivity contribution in [1.82, 2.24) is 14.5 Å². The van der Waals surface area contributed by atoms with Gasteiger partial charge >= 0.3 is 0 Å². The Labute approximate surface area is 104 Å². The van der Waals surface area contributed by atoms with Gasteiger partial charge in [0.15, 0.2) is 0 Å². The van der Waals surface area contributed by atoms with Gasteiger partial charge in [0.05, 0.1) is 6.54 Å². The number of rotatable bonds is 5. The molecule has 0 saturated heterocycles. The molecule has 0 bridgehead atoms. The van der Waals surface area contributed by atoms with Crippen LogP contribution < -0.4 is 4.72 Å². The van der Waals surface area contributed by atoms with Crippen LogP contribution in [0.5, 0.6) is 0 Å². The van der Waals surface area contributed by atoms with Crippen molar-refractivity contribution in [1.29, 1.82) is 0 Å². The second-order valence-corrected chi connectivity index (χ2v) is 6.57. The van der Waals surface area contributed by atoms with Gasteiger partial charge in [-0.1, -0.05) is 6.07 Å². The Bertz CT molecular complexity index is 546. The lowest BCUT2D eigenvalue weighted by Gasteiger charge is -2.13. The van der Waals surface area contributed by atoms with E-state index in [1.807, 2.05) is 6.92 Å². The minimum atomic E-state index is -3.39. The van der Waals surface area contributed by atoms with Crippen LogP contribution in [0.2, 0.25) is 0 Å². The third-order valence-electron chi connectivity index (χ3n) is 2.14. The van der Waals surface area contributed by atoms with Gasteiger partial charge in [0.1, 0.15) is 4.21 Å². The standard InChI is InChI=1S/C10H13N3O2S2/c1-9(8-13-6-3-5-11-13)12-17(14,15)10-4-2-7-16-10/h2-7,9,12H,8H2,1H3/t9-/m1/s1. The predicted molar refractivity (Wildman–Crippen MR) is 66.3 cm³/mol. The van der Waals surface area contributed by atoms with Crippen molar-refractivity contribution >= 4 is 21.4 Å². The summed E-state index contributed by atoms with van der Waals surface area (Å²) < 4.78 is 28.5. The molecule has 0 fully saturated rings. The van der Waals surface area contributed by atoms with Gasteiger partial charge in [0.25, 0.3) is 0 Å². The fourth-order valence-corrected chi connectivity index (χ4v) is 3.71. The largest absolute Gasteiger partial charge is 0.271 e. The smallest absolute Gasteiger partial charge is 0.250 e. The molecular formula is C10H13N3O2S2. The molecule has 1 N–H and O–H groups in total. The molecule has 2 heterocycles. The third-order valence-corrected chi connectivity index (χ3v) is 5.12. The van der Waals surface area contributed by atoms with Gasteiger partial charge in [0, 0.05) is 18.4 Å². The van der Waals surface area contributed by atoms with Crippen LogP contribution in [0, 0.1) is 0 Å². The molecular weight excluding hydrogens is 258 g/mol. The van der Waals surface area contributed by atoms with Crippen LogP contribution in [-0.4, -0.2) is 24.2 Å². The number of thiophene rings is 1. The van der Waals surface area contributed by atoms with Gasteiger partial charge in [-0.2, -0.15) is 5.10 Å². The summed E-state index contributed by atoms with van der Waals surface area (Å²) in [6.07, 6.45) is 3.47. The van der Waals surface area contributed by atoms with Crippen LogP contribution >= 0.6 is 11.3 Å². The summed E-state index contributed by atoms with van der Waals surface area (Å²) >= 11 is 1.21. The monoisotopic (exact) mass is 271 g/mol. The number of aromatic nitrogens is 2. The maximum Gasteiger partial charge on any atom is 0.250 e. The number of hydrogen-bond donors (Lipinski definition) is 1. The zero-order chi connectivity index (χ0) is 12.3. The number of sulfonamides is 1. The van der Waals surface area contributed by atoms with Crippen LogP contribution in [0.1, 0.15) is 6.92 Å². The summed E-state index contributed by atoms with van der Waals surface area (Å²) in [6.45, 7) is 2.32. The van der Waals surface area contributed by atoms with Crippen molar-refractivity contribution in [2.24, 2.45) is 0 Å². The Morgan fingerprint density at radius 1 is 1.53 bits per heavy atom. The summed E-state index contributed by atoms with van der Waals surface area (Å²) in [7, 11) is -3.39. The molecule has 0 unspecified atom stereocenters. The third kappa shape index (κ3) is 3.15. The molecule has 0 aliphatic heterocycles. The molecule has 17 heavy (non-hydrogen) atoms. The van der Waals surface area contributed by atoms with E-state index in [2.05, 4.69) is 9.82 Å². The summed E-state index contributed by atoms with van der Waals surface area (Å²) in [6, 6.07) is 4.91. The SMILES string of the molecule is C[C@H](Cn1cccn1)NS(=O)(=O)c1cccs1.